The molecule has 2 rings (SSSR count). The summed E-state index contributed by atoms with van der Waals surface area (Å²) in [7, 11) is 1.87. The Balaban J connectivity index is 2.09. The highest BCUT2D eigenvalue weighted by Crippen LogP contribution is 2.14. The molecule has 1 aromatic carbocycles. The lowest BCUT2D eigenvalue weighted by molar-refractivity contribution is 0.0695. The van der Waals surface area contributed by atoms with E-state index in [0.29, 0.717) is 29.9 Å². The first-order valence-electron chi connectivity index (χ1n) is 6.50. The van der Waals surface area contributed by atoms with Gasteiger partial charge in [0.1, 0.15) is 5.82 Å². The summed E-state index contributed by atoms with van der Waals surface area (Å²) in [5.74, 6) is -0.222. The van der Waals surface area contributed by atoms with E-state index in [1.54, 1.807) is 30.5 Å². The molecule has 2 aromatic rings. The maximum absolute atomic E-state index is 11.2. The minimum atomic E-state index is -0.919. The first kappa shape index (κ1) is 14.5. The standard InChI is InChI=1S/C16H15N3O2/c1-19(15-10-12(11-17)6-8-18-15)9-7-13-4-2-3-5-14(13)16(20)21/h2-6,8,10H,7,9H2,1H3,(H,20,21). The summed E-state index contributed by atoms with van der Waals surface area (Å²) in [6.07, 6.45) is 2.19. The highest BCUT2D eigenvalue weighted by molar-refractivity contribution is 5.89. The maximum Gasteiger partial charge on any atom is 0.335 e. The van der Waals surface area contributed by atoms with Gasteiger partial charge in [-0.25, -0.2) is 9.78 Å². The van der Waals surface area contributed by atoms with Gasteiger partial charge in [-0.05, 0) is 30.2 Å². The molecule has 0 saturated carbocycles. The van der Waals surface area contributed by atoms with E-state index in [9.17, 15) is 4.79 Å². The van der Waals surface area contributed by atoms with Gasteiger partial charge in [-0.1, -0.05) is 18.2 Å². The molecule has 0 bridgehead atoms. The molecular formula is C16H15N3O2. The topological polar surface area (TPSA) is 77.2 Å². The average molecular weight is 281 g/mol. The third kappa shape index (κ3) is 3.57. The van der Waals surface area contributed by atoms with Crippen molar-refractivity contribution in [1.82, 2.24) is 4.98 Å². The van der Waals surface area contributed by atoms with Crippen molar-refractivity contribution in [1.29, 1.82) is 5.26 Å². The van der Waals surface area contributed by atoms with E-state index in [0.717, 1.165) is 5.56 Å². The van der Waals surface area contributed by atoms with Crippen LogP contribution in [-0.4, -0.2) is 29.7 Å². The zero-order valence-electron chi connectivity index (χ0n) is 11.7. The minimum absolute atomic E-state index is 0.324. The molecule has 0 aliphatic carbocycles. The van der Waals surface area contributed by atoms with E-state index in [4.69, 9.17) is 10.4 Å². The number of hydrogen-bond acceptors (Lipinski definition) is 4. The summed E-state index contributed by atoms with van der Waals surface area (Å²) in [5.41, 5.74) is 1.66. The van der Waals surface area contributed by atoms with E-state index in [-0.39, 0.29) is 0 Å². The minimum Gasteiger partial charge on any atom is -0.478 e. The number of aromatic carboxylic acids is 1. The third-order valence-electron chi connectivity index (χ3n) is 3.23. The lowest BCUT2D eigenvalue weighted by atomic mass is 10.0. The average Bonchev–Trinajstić information content (AvgIpc) is 2.52. The number of carboxylic acid groups (broad SMARTS) is 1. The molecule has 0 amide bonds. The van der Waals surface area contributed by atoms with Crippen molar-refractivity contribution >= 4 is 11.8 Å². The van der Waals surface area contributed by atoms with Gasteiger partial charge in [0.2, 0.25) is 0 Å². The predicted octanol–water partition coefficient (Wildman–Crippen LogP) is 2.33. The Bertz CT molecular complexity index is 692. The van der Waals surface area contributed by atoms with Crippen LogP contribution in [0.2, 0.25) is 0 Å². The predicted molar refractivity (Wildman–Crippen MR) is 79.3 cm³/mol. The summed E-state index contributed by atoms with van der Waals surface area (Å²) in [4.78, 5) is 17.3. The zero-order chi connectivity index (χ0) is 15.2. The van der Waals surface area contributed by atoms with Gasteiger partial charge in [0.05, 0.1) is 17.2 Å². The van der Waals surface area contributed by atoms with Gasteiger partial charge in [-0.3, -0.25) is 0 Å². The van der Waals surface area contributed by atoms with Crippen LogP contribution in [-0.2, 0) is 6.42 Å². The molecule has 0 saturated heterocycles. The molecule has 0 atom stereocenters. The fourth-order valence-electron chi connectivity index (χ4n) is 2.05. The largest absolute Gasteiger partial charge is 0.478 e. The van der Waals surface area contributed by atoms with Crippen molar-refractivity contribution in [3.63, 3.8) is 0 Å². The second kappa shape index (κ2) is 6.53. The number of pyridine rings is 1. The molecule has 1 heterocycles. The van der Waals surface area contributed by atoms with Gasteiger partial charge in [0.15, 0.2) is 0 Å². The second-order valence-electron chi connectivity index (χ2n) is 4.65. The molecule has 5 heteroatoms. The van der Waals surface area contributed by atoms with Crippen molar-refractivity contribution in [2.24, 2.45) is 0 Å². The Morgan fingerprint density at radius 1 is 1.38 bits per heavy atom. The van der Waals surface area contributed by atoms with Crippen molar-refractivity contribution < 1.29 is 9.90 Å². The second-order valence-corrected chi connectivity index (χ2v) is 4.65. The number of anilines is 1. The van der Waals surface area contributed by atoms with E-state index < -0.39 is 5.97 Å². The number of benzene rings is 1. The Hall–Kier alpha value is -2.87. The first-order chi connectivity index (χ1) is 10.1. The van der Waals surface area contributed by atoms with Crippen LogP contribution in [0.3, 0.4) is 0 Å². The summed E-state index contributed by atoms with van der Waals surface area (Å²) >= 11 is 0. The van der Waals surface area contributed by atoms with Crippen molar-refractivity contribution in [3.8, 4) is 6.07 Å². The normalized spacial score (nSPS) is 9.90. The highest BCUT2D eigenvalue weighted by atomic mass is 16.4. The van der Waals surface area contributed by atoms with Crippen LogP contribution in [0.15, 0.2) is 42.6 Å². The van der Waals surface area contributed by atoms with Crippen LogP contribution in [0.4, 0.5) is 5.82 Å². The lowest BCUT2D eigenvalue weighted by Crippen LogP contribution is -2.22. The molecular weight excluding hydrogens is 266 g/mol. The Labute approximate surface area is 123 Å². The number of carbonyl (C=O) groups is 1. The number of aromatic nitrogens is 1. The van der Waals surface area contributed by atoms with Crippen LogP contribution >= 0.6 is 0 Å². The molecule has 1 N–H and O–H groups in total. The SMILES string of the molecule is CN(CCc1ccccc1C(=O)O)c1cc(C#N)ccn1. The molecule has 21 heavy (non-hydrogen) atoms. The first-order valence-corrected chi connectivity index (χ1v) is 6.50. The number of rotatable bonds is 5. The maximum atomic E-state index is 11.2. The fraction of sp³-hybridized carbons (Fsp3) is 0.188. The van der Waals surface area contributed by atoms with Gasteiger partial charge >= 0.3 is 5.97 Å². The Morgan fingerprint density at radius 2 is 2.14 bits per heavy atom. The number of carboxylic acids is 1. The van der Waals surface area contributed by atoms with E-state index in [2.05, 4.69) is 11.1 Å². The highest BCUT2D eigenvalue weighted by Gasteiger charge is 2.10. The number of hydrogen-bond donors (Lipinski definition) is 1. The molecule has 106 valence electrons. The van der Waals surface area contributed by atoms with Crippen LogP contribution in [0, 0.1) is 11.3 Å². The number of nitrogens with zero attached hydrogens (tertiary/aromatic N) is 3. The smallest absolute Gasteiger partial charge is 0.335 e. The van der Waals surface area contributed by atoms with Crippen LogP contribution in [0.25, 0.3) is 0 Å². The van der Waals surface area contributed by atoms with Crippen LogP contribution < -0.4 is 4.90 Å². The Kier molecular flexibility index (Phi) is 4.52. The van der Waals surface area contributed by atoms with Gasteiger partial charge in [0, 0.05) is 19.8 Å². The van der Waals surface area contributed by atoms with Crippen LogP contribution in [0.5, 0.6) is 0 Å². The summed E-state index contributed by atoms with van der Waals surface area (Å²) < 4.78 is 0. The summed E-state index contributed by atoms with van der Waals surface area (Å²) in [6.45, 7) is 0.617. The number of nitriles is 1. The van der Waals surface area contributed by atoms with Gasteiger partial charge in [-0.2, -0.15) is 5.26 Å². The third-order valence-corrected chi connectivity index (χ3v) is 3.23. The lowest BCUT2D eigenvalue weighted by Gasteiger charge is -2.18. The molecule has 0 unspecified atom stereocenters. The van der Waals surface area contributed by atoms with Crippen molar-refractivity contribution in [3.05, 3.63) is 59.3 Å². The molecule has 0 radical (unpaired) electrons. The summed E-state index contributed by atoms with van der Waals surface area (Å²) in [5, 5.41) is 18.0. The van der Waals surface area contributed by atoms with E-state index >= 15 is 0 Å². The van der Waals surface area contributed by atoms with Crippen molar-refractivity contribution in [2.75, 3.05) is 18.5 Å². The van der Waals surface area contributed by atoms with Gasteiger partial charge < -0.3 is 10.0 Å². The zero-order valence-corrected chi connectivity index (χ0v) is 11.7. The summed E-state index contributed by atoms with van der Waals surface area (Å²) in [6, 6.07) is 12.4. The molecule has 1 aromatic heterocycles. The number of likely N-dealkylation sites (N-methyl/N-ethyl adjacent to an activating group) is 1. The molecule has 0 aliphatic rings. The fourth-order valence-corrected chi connectivity index (χ4v) is 2.05. The van der Waals surface area contributed by atoms with Crippen LogP contribution in [0.1, 0.15) is 21.5 Å². The molecule has 5 nitrogen and oxygen atoms in total. The van der Waals surface area contributed by atoms with Gasteiger partial charge in [0.25, 0.3) is 0 Å². The van der Waals surface area contributed by atoms with E-state index in [1.807, 2.05) is 24.1 Å². The molecule has 0 aliphatic heterocycles. The van der Waals surface area contributed by atoms with Gasteiger partial charge in [-0.15, -0.1) is 0 Å². The monoisotopic (exact) mass is 281 g/mol. The quantitative estimate of drug-likeness (QED) is 0.910. The van der Waals surface area contributed by atoms with E-state index in [1.165, 1.54) is 0 Å². The Morgan fingerprint density at radius 3 is 2.86 bits per heavy atom. The molecule has 0 fully saturated rings. The van der Waals surface area contributed by atoms with Crippen molar-refractivity contribution in [2.45, 2.75) is 6.42 Å². The molecule has 0 spiro atoms.